The van der Waals surface area contributed by atoms with Crippen molar-refractivity contribution in [3.8, 4) is 6.07 Å². The summed E-state index contributed by atoms with van der Waals surface area (Å²) in [5, 5.41) is 14.8. The summed E-state index contributed by atoms with van der Waals surface area (Å²) in [7, 11) is 0. The van der Waals surface area contributed by atoms with Gasteiger partial charge in [0, 0.05) is 18.8 Å². The Morgan fingerprint density at radius 1 is 1.35 bits per heavy atom. The van der Waals surface area contributed by atoms with Crippen LogP contribution >= 0.6 is 0 Å². The van der Waals surface area contributed by atoms with Crippen molar-refractivity contribution < 1.29 is 9.53 Å². The minimum Gasteiger partial charge on any atom is -0.378 e. The Hall–Kier alpha value is -2.06. The molecule has 0 bridgehead atoms. The number of amides is 2. The molecule has 0 aliphatic carbocycles. The summed E-state index contributed by atoms with van der Waals surface area (Å²) in [5.41, 5.74) is 1.12. The highest BCUT2D eigenvalue weighted by molar-refractivity contribution is 5.89. The first-order valence-electron chi connectivity index (χ1n) is 8.19. The third-order valence-corrected chi connectivity index (χ3v) is 4.17. The van der Waals surface area contributed by atoms with Crippen LogP contribution in [0.15, 0.2) is 24.3 Å². The van der Waals surface area contributed by atoms with Crippen LogP contribution in [0, 0.1) is 11.3 Å². The van der Waals surface area contributed by atoms with E-state index in [-0.39, 0.29) is 12.1 Å². The first-order chi connectivity index (χ1) is 11.0. The van der Waals surface area contributed by atoms with E-state index in [2.05, 4.69) is 16.7 Å². The van der Waals surface area contributed by atoms with Gasteiger partial charge in [-0.3, -0.25) is 0 Å². The van der Waals surface area contributed by atoms with E-state index in [4.69, 9.17) is 10.00 Å². The number of benzene rings is 1. The molecule has 0 saturated carbocycles. The molecule has 2 rings (SSSR count). The van der Waals surface area contributed by atoms with Gasteiger partial charge in [-0.15, -0.1) is 0 Å². The summed E-state index contributed by atoms with van der Waals surface area (Å²) >= 11 is 0. The number of ether oxygens (including phenoxy) is 1. The maximum Gasteiger partial charge on any atom is 0.319 e. The molecule has 1 aliphatic rings. The van der Waals surface area contributed by atoms with E-state index in [1.807, 2.05) is 38.1 Å². The van der Waals surface area contributed by atoms with Gasteiger partial charge in [0.15, 0.2) is 0 Å². The average Bonchev–Trinajstić information content (AvgIpc) is 2.56. The standard InChI is InChI=1S/C18H25N3O2/c1-18(2,13-19)14-6-8-15(9-7-14)21-17(22)20-11-10-16-5-3-4-12-23-16/h6-9,16H,3-5,10-12H2,1-2H3,(H2,20,21,22)/t16-/m0/s1. The second kappa shape index (κ2) is 7.98. The summed E-state index contributed by atoms with van der Waals surface area (Å²) in [6, 6.07) is 9.43. The van der Waals surface area contributed by atoms with Gasteiger partial charge < -0.3 is 15.4 Å². The summed E-state index contributed by atoms with van der Waals surface area (Å²) in [4.78, 5) is 11.9. The van der Waals surface area contributed by atoms with Gasteiger partial charge >= 0.3 is 6.03 Å². The Labute approximate surface area is 138 Å². The van der Waals surface area contributed by atoms with E-state index in [1.165, 1.54) is 6.42 Å². The molecule has 2 amide bonds. The van der Waals surface area contributed by atoms with Crippen LogP contribution in [-0.2, 0) is 10.2 Å². The van der Waals surface area contributed by atoms with Gasteiger partial charge in [-0.2, -0.15) is 5.26 Å². The largest absolute Gasteiger partial charge is 0.378 e. The van der Waals surface area contributed by atoms with Crippen molar-refractivity contribution in [3.63, 3.8) is 0 Å². The molecule has 1 aliphatic heterocycles. The zero-order valence-corrected chi connectivity index (χ0v) is 13.9. The fraction of sp³-hybridized carbons (Fsp3) is 0.556. The molecule has 1 atom stereocenters. The van der Waals surface area contributed by atoms with Crippen molar-refractivity contribution in [2.75, 3.05) is 18.5 Å². The summed E-state index contributed by atoms with van der Waals surface area (Å²) < 4.78 is 5.64. The second-order valence-corrected chi connectivity index (χ2v) is 6.47. The molecule has 124 valence electrons. The highest BCUT2D eigenvalue weighted by Gasteiger charge is 2.19. The van der Waals surface area contributed by atoms with Crippen molar-refractivity contribution in [2.24, 2.45) is 0 Å². The highest BCUT2D eigenvalue weighted by Crippen LogP contribution is 2.23. The molecule has 0 unspecified atom stereocenters. The van der Waals surface area contributed by atoms with Crippen molar-refractivity contribution in [1.29, 1.82) is 5.26 Å². The molecule has 0 aromatic heterocycles. The minimum atomic E-state index is -0.527. The van der Waals surface area contributed by atoms with E-state index in [1.54, 1.807) is 0 Å². The smallest absolute Gasteiger partial charge is 0.319 e. The normalized spacial score (nSPS) is 18.0. The first-order valence-corrected chi connectivity index (χ1v) is 8.19. The van der Waals surface area contributed by atoms with Gasteiger partial charge in [0.25, 0.3) is 0 Å². The van der Waals surface area contributed by atoms with Crippen LogP contribution in [0.5, 0.6) is 0 Å². The number of carbonyl (C=O) groups is 1. The van der Waals surface area contributed by atoms with E-state index in [0.29, 0.717) is 12.2 Å². The Morgan fingerprint density at radius 3 is 2.70 bits per heavy atom. The molecule has 1 heterocycles. The zero-order chi connectivity index (χ0) is 16.7. The van der Waals surface area contributed by atoms with Crippen molar-refractivity contribution in [2.45, 2.75) is 51.0 Å². The first kappa shape index (κ1) is 17.3. The Kier molecular flexibility index (Phi) is 6.00. The van der Waals surface area contributed by atoms with Crippen LogP contribution in [0.1, 0.15) is 45.1 Å². The number of nitriles is 1. The number of anilines is 1. The van der Waals surface area contributed by atoms with Crippen molar-refractivity contribution >= 4 is 11.7 Å². The molecule has 5 nitrogen and oxygen atoms in total. The average molecular weight is 315 g/mol. The van der Waals surface area contributed by atoms with E-state index in [0.717, 1.165) is 31.4 Å². The topological polar surface area (TPSA) is 74.2 Å². The molecule has 0 radical (unpaired) electrons. The van der Waals surface area contributed by atoms with Gasteiger partial charge in [0.1, 0.15) is 0 Å². The van der Waals surface area contributed by atoms with Crippen LogP contribution in [0.2, 0.25) is 0 Å². The molecule has 1 aromatic carbocycles. The Bertz CT molecular complexity index is 555. The molecular formula is C18H25N3O2. The highest BCUT2D eigenvalue weighted by atomic mass is 16.5. The number of hydrogen-bond acceptors (Lipinski definition) is 3. The lowest BCUT2D eigenvalue weighted by Gasteiger charge is -2.22. The zero-order valence-electron chi connectivity index (χ0n) is 13.9. The van der Waals surface area contributed by atoms with Crippen LogP contribution < -0.4 is 10.6 Å². The third-order valence-electron chi connectivity index (χ3n) is 4.17. The SMILES string of the molecule is CC(C)(C#N)c1ccc(NC(=O)NCC[C@@H]2CCCCO2)cc1. The number of rotatable bonds is 5. The number of nitrogens with zero attached hydrogens (tertiary/aromatic N) is 1. The molecule has 1 aromatic rings. The van der Waals surface area contributed by atoms with E-state index < -0.39 is 5.41 Å². The number of nitrogens with one attached hydrogen (secondary N) is 2. The van der Waals surface area contributed by atoms with Gasteiger partial charge in [0.2, 0.25) is 0 Å². The fourth-order valence-electron chi connectivity index (χ4n) is 2.59. The van der Waals surface area contributed by atoms with Crippen LogP contribution in [0.3, 0.4) is 0 Å². The van der Waals surface area contributed by atoms with Crippen LogP contribution in [-0.4, -0.2) is 25.3 Å². The summed E-state index contributed by atoms with van der Waals surface area (Å²) in [6.45, 7) is 5.18. The predicted molar refractivity (Wildman–Crippen MR) is 90.3 cm³/mol. The fourth-order valence-corrected chi connectivity index (χ4v) is 2.59. The summed E-state index contributed by atoms with van der Waals surface area (Å²) in [6.07, 6.45) is 4.56. The molecule has 0 spiro atoms. The predicted octanol–water partition coefficient (Wildman–Crippen LogP) is 3.57. The monoisotopic (exact) mass is 315 g/mol. The lowest BCUT2D eigenvalue weighted by Crippen LogP contribution is -2.32. The number of urea groups is 1. The van der Waals surface area contributed by atoms with Crippen LogP contribution in [0.25, 0.3) is 0 Å². The maximum absolute atomic E-state index is 11.9. The molecule has 5 heteroatoms. The van der Waals surface area contributed by atoms with Crippen molar-refractivity contribution in [1.82, 2.24) is 5.32 Å². The summed E-state index contributed by atoms with van der Waals surface area (Å²) in [5.74, 6) is 0. The third kappa shape index (κ3) is 5.26. The van der Waals surface area contributed by atoms with Crippen molar-refractivity contribution in [3.05, 3.63) is 29.8 Å². The number of hydrogen-bond donors (Lipinski definition) is 2. The molecule has 2 N–H and O–H groups in total. The minimum absolute atomic E-state index is 0.215. The second-order valence-electron chi connectivity index (χ2n) is 6.47. The van der Waals surface area contributed by atoms with Crippen LogP contribution in [0.4, 0.5) is 10.5 Å². The van der Waals surface area contributed by atoms with E-state index >= 15 is 0 Å². The Balaban J connectivity index is 1.75. The lowest BCUT2D eigenvalue weighted by atomic mass is 9.86. The van der Waals surface area contributed by atoms with Gasteiger partial charge in [-0.1, -0.05) is 12.1 Å². The molecule has 1 fully saturated rings. The Morgan fingerprint density at radius 2 is 2.09 bits per heavy atom. The quantitative estimate of drug-likeness (QED) is 0.872. The maximum atomic E-state index is 11.9. The van der Waals surface area contributed by atoms with Gasteiger partial charge in [-0.05, 0) is 57.2 Å². The van der Waals surface area contributed by atoms with E-state index in [9.17, 15) is 4.79 Å². The lowest BCUT2D eigenvalue weighted by molar-refractivity contribution is 0.0120. The van der Waals surface area contributed by atoms with Gasteiger partial charge in [-0.25, -0.2) is 4.79 Å². The number of carbonyl (C=O) groups excluding carboxylic acids is 1. The van der Waals surface area contributed by atoms with Gasteiger partial charge in [0.05, 0.1) is 17.6 Å². The molecule has 23 heavy (non-hydrogen) atoms. The molecule has 1 saturated heterocycles. The molecular weight excluding hydrogens is 290 g/mol.